The molecule has 3 rings (SSSR count). The summed E-state index contributed by atoms with van der Waals surface area (Å²) < 4.78 is 11.0. The Morgan fingerprint density at radius 2 is 2.10 bits per heavy atom. The number of amides is 2. The number of hydrogen-bond donors (Lipinski definition) is 2. The number of nitrogens with two attached hydrogens (primary N) is 1. The summed E-state index contributed by atoms with van der Waals surface area (Å²) in [6.07, 6.45) is 0.539. The zero-order valence-electron chi connectivity index (χ0n) is 10.7. The summed E-state index contributed by atoms with van der Waals surface area (Å²) in [5.74, 6) is 0.140. The van der Waals surface area contributed by atoms with Crippen molar-refractivity contribution in [1.29, 1.82) is 0 Å². The van der Waals surface area contributed by atoms with Gasteiger partial charge in [-0.25, -0.2) is 4.98 Å². The number of ether oxygens (including phenoxy) is 2. The standard InChI is InChI=1S/C13H11N3O4S/c14-11(17)10-5-15-13(21-10)16-12(18)9-6-19-7-3-1-2-4-8(7)20-9/h1-5,9H,6H2,(H2,14,17)(H,15,16,18). The molecular weight excluding hydrogens is 294 g/mol. The van der Waals surface area contributed by atoms with Crippen molar-refractivity contribution in [2.75, 3.05) is 11.9 Å². The largest absolute Gasteiger partial charge is 0.485 e. The first kappa shape index (κ1) is 13.4. The lowest BCUT2D eigenvalue weighted by Gasteiger charge is -2.25. The molecule has 108 valence electrons. The molecule has 1 atom stereocenters. The van der Waals surface area contributed by atoms with Gasteiger partial charge < -0.3 is 15.2 Å². The minimum atomic E-state index is -0.777. The van der Waals surface area contributed by atoms with E-state index in [-0.39, 0.29) is 16.6 Å². The molecule has 1 aromatic carbocycles. The number of carbonyl (C=O) groups excluding carboxylic acids is 2. The molecule has 0 saturated carbocycles. The van der Waals surface area contributed by atoms with Crippen molar-refractivity contribution in [3.05, 3.63) is 35.3 Å². The van der Waals surface area contributed by atoms with Gasteiger partial charge in [-0.1, -0.05) is 23.5 Å². The minimum absolute atomic E-state index is 0.108. The molecule has 7 nitrogen and oxygen atoms in total. The van der Waals surface area contributed by atoms with Crippen molar-refractivity contribution >= 4 is 28.3 Å². The van der Waals surface area contributed by atoms with Crippen molar-refractivity contribution in [2.24, 2.45) is 5.73 Å². The van der Waals surface area contributed by atoms with Crippen LogP contribution in [-0.4, -0.2) is 29.5 Å². The SMILES string of the molecule is NC(=O)c1cnc(NC(=O)C2COc3ccccc3O2)s1. The van der Waals surface area contributed by atoms with E-state index in [4.69, 9.17) is 15.2 Å². The molecule has 1 aromatic heterocycles. The molecule has 21 heavy (non-hydrogen) atoms. The Labute approximate surface area is 123 Å². The summed E-state index contributed by atoms with van der Waals surface area (Å²) in [5, 5.41) is 2.86. The smallest absolute Gasteiger partial charge is 0.270 e. The minimum Gasteiger partial charge on any atom is -0.485 e. The lowest BCUT2D eigenvalue weighted by molar-refractivity contribution is -0.125. The van der Waals surface area contributed by atoms with E-state index in [1.54, 1.807) is 18.2 Å². The number of aromatic nitrogens is 1. The lowest BCUT2D eigenvalue weighted by atomic mass is 10.2. The van der Waals surface area contributed by atoms with Crippen LogP contribution in [0.5, 0.6) is 11.5 Å². The normalized spacial score (nSPS) is 16.3. The Morgan fingerprint density at radius 3 is 2.81 bits per heavy atom. The molecule has 0 radical (unpaired) electrons. The second-order valence-corrected chi connectivity index (χ2v) is 5.28. The monoisotopic (exact) mass is 305 g/mol. The van der Waals surface area contributed by atoms with E-state index >= 15 is 0 Å². The zero-order valence-corrected chi connectivity index (χ0v) is 11.6. The van der Waals surface area contributed by atoms with Crippen molar-refractivity contribution in [2.45, 2.75) is 6.10 Å². The quantitative estimate of drug-likeness (QED) is 0.881. The summed E-state index contributed by atoms with van der Waals surface area (Å²) in [5.41, 5.74) is 5.13. The van der Waals surface area contributed by atoms with Crippen LogP contribution >= 0.6 is 11.3 Å². The number of anilines is 1. The van der Waals surface area contributed by atoms with Gasteiger partial charge in [-0.2, -0.15) is 0 Å². The van der Waals surface area contributed by atoms with Crippen LogP contribution in [0.2, 0.25) is 0 Å². The van der Waals surface area contributed by atoms with Gasteiger partial charge in [0.05, 0.1) is 6.20 Å². The number of benzene rings is 1. The Balaban J connectivity index is 1.67. The highest BCUT2D eigenvalue weighted by Crippen LogP contribution is 2.31. The van der Waals surface area contributed by atoms with E-state index in [1.165, 1.54) is 6.20 Å². The maximum Gasteiger partial charge on any atom is 0.270 e. The molecule has 0 fully saturated rings. The van der Waals surface area contributed by atoms with E-state index in [0.29, 0.717) is 11.5 Å². The summed E-state index contributed by atoms with van der Waals surface area (Å²) >= 11 is 1.00. The maximum atomic E-state index is 12.1. The summed E-state index contributed by atoms with van der Waals surface area (Å²) in [4.78, 5) is 27.2. The molecule has 1 unspecified atom stereocenters. The van der Waals surface area contributed by atoms with Gasteiger partial charge in [0, 0.05) is 0 Å². The number of primary amides is 1. The van der Waals surface area contributed by atoms with Gasteiger partial charge in [0.2, 0.25) is 6.10 Å². The van der Waals surface area contributed by atoms with Crippen molar-refractivity contribution in [3.8, 4) is 11.5 Å². The average molecular weight is 305 g/mol. The predicted molar refractivity (Wildman–Crippen MR) is 75.6 cm³/mol. The van der Waals surface area contributed by atoms with Crippen LogP contribution in [0.15, 0.2) is 30.5 Å². The van der Waals surface area contributed by atoms with E-state index in [0.717, 1.165) is 11.3 Å². The fraction of sp³-hybridized carbons (Fsp3) is 0.154. The van der Waals surface area contributed by atoms with Crippen LogP contribution in [-0.2, 0) is 4.79 Å². The molecule has 0 saturated heterocycles. The molecule has 2 heterocycles. The van der Waals surface area contributed by atoms with Gasteiger partial charge in [0.15, 0.2) is 16.6 Å². The third-order valence-electron chi connectivity index (χ3n) is 2.78. The van der Waals surface area contributed by atoms with Crippen molar-refractivity contribution in [3.63, 3.8) is 0 Å². The molecule has 1 aliphatic rings. The molecule has 0 aliphatic carbocycles. The second-order valence-electron chi connectivity index (χ2n) is 4.25. The van der Waals surface area contributed by atoms with Crippen LogP contribution in [0.25, 0.3) is 0 Å². The number of fused-ring (bicyclic) bond motifs is 1. The first-order valence-corrected chi connectivity index (χ1v) is 6.90. The third-order valence-corrected chi connectivity index (χ3v) is 3.71. The fourth-order valence-corrected chi connectivity index (χ4v) is 2.45. The number of hydrogen-bond acceptors (Lipinski definition) is 6. The van der Waals surface area contributed by atoms with E-state index in [9.17, 15) is 9.59 Å². The summed E-state index contributed by atoms with van der Waals surface area (Å²) in [7, 11) is 0. The first-order valence-electron chi connectivity index (χ1n) is 6.08. The molecule has 0 bridgehead atoms. The predicted octanol–water partition coefficient (Wildman–Crippen LogP) is 1.02. The van der Waals surface area contributed by atoms with Crippen LogP contribution in [0.1, 0.15) is 9.67 Å². The Bertz CT molecular complexity index is 700. The van der Waals surface area contributed by atoms with Gasteiger partial charge in [-0.3, -0.25) is 14.9 Å². The number of carbonyl (C=O) groups is 2. The van der Waals surface area contributed by atoms with Gasteiger partial charge in [0.25, 0.3) is 11.8 Å². The molecule has 0 spiro atoms. The highest BCUT2D eigenvalue weighted by molar-refractivity contribution is 7.17. The second kappa shape index (κ2) is 5.41. The first-order chi connectivity index (χ1) is 10.1. The zero-order chi connectivity index (χ0) is 14.8. The van der Waals surface area contributed by atoms with E-state index in [2.05, 4.69) is 10.3 Å². The topological polar surface area (TPSA) is 104 Å². The molecule has 8 heteroatoms. The Hall–Kier alpha value is -2.61. The summed E-state index contributed by atoms with van der Waals surface area (Å²) in [6, 6.07) is 7.11. The van der Waals surface area contributed by atoms with Crippen molar-refractivity contribution in [1.82, 2.24) is 4.98 Å². The van der Waals surface area contributed by atoms with Crippen LogP contribution in [0.3, 0.4) is 0 Å². The molecule has 2 amide bonds. The van der Waals surface area contributed by atoms with Gasteiger partial charge >= 0.3 is 0 Å². The molecule has 2 aromatic rings. The van der Waals surface area contributed by atoms with Crippen molar-refractivity contribution < 1.29 is 19.1 Å². The average Bonchev–Trinajstić information content (AvgIpc) is 2.95. The number of nitrogens with zero attached hydrogens (tertiary/aromatic N) is 1. The fourth-order valence-electron chi connectivity index (χ4n) is 1.78. The lowest BCUT2D eigenvalue weighted by Crippen LogP contribution is -2.40. The van der Waals surface area contributed by atoms with Gasteiger partial charge in [0.1, 0.15) is 11.5 Å². The van der Waals surface area contributed by atoms with Gasteiger partial charge in [-0.15, -0.1) is 0 Å². The Kier molecular flexibility index (Phi) is 3.44. The number of nitrogens with one attached hydrogen (secondary N) is 1. The number of para-hydroxylation sites is 2. The van der Waals surface area contributed by atoms with Crippen LogP contribution < -0.4 is 20.5 Å². The van der Waals surface area contributed by atoms with Crippen LogP contribution in [0, 0.1) is 0 Å². The highest BCUT2D eigenvalue weighted by Gasteiger charge is 2.27. The van der Waals surface area contributed by atoms with E-state index < -0.39 is 17.9 Å². The Morgan fingerprint density at radius 1 is 1.33 bits per heavy atom. The highest BCUT2D eigenvalue weighted by atomic mass is 32.1. The number of thiazole rings is 1. The third kappa shape index (κ3) is 2.79. The van der Waals surface area contributed by atoms with Gasteiger partial charge in [-0.05, 0) is 12.1 Å². The summed E-state index contributed by atoms with van der Waals surface area (Å²) in [6.45, 7) is 0.108. The molecule has 1 aliphatic heterocycles. The van der Waals surface area contributed by atoms with E-state index in [1.807, 2.05) is 6.07 Å². The maximum absolute atomic E-state index is 12.1. The van der Waals surface area contributed by atoms with Crippen LogP contribution in [0.4, 0.5) is 5.13 Å². The molecule has 3 N–H and O–H groups in total. The molecular formula is C13H11N3O4S. The number of rotatable bonds is 3.